The molecule has 0 fully saturated rings. The highest BCUT2D eigenvalue weighted by Gasteiger charge is 1.89. The lowest BCUT2D eigenvalue weighted by Gasteiger charge is -2.02. The maximum absolute atomic E-state index is 3.28. The van der Waals surface area contributed by atoms with Crippen LogP contribution in [0.1, 0.15) is 11.1 Å². The fourth-order valence-electron chi connectivity index (χ4n) is 1.57. The molecular weight excluding hydrogens is 206 g/mol. The number of benzene rings is 2. The highest BCUT2D eigenvalue weighted by atomic mass is 14.8. The lowest BCUT2D eigenvalue weighted by Crippen LogP contribution is -1.98. The van der Waals surface area contributed by atoms with Crippen molar-refractivity contribution in [3.8, 4) is 11.8 Å². The Morgan fingerprint density at radius 1 is 1.00 bits per heavy atom. The molecule has 0 aliphatic carbocycles. The third kappa shape index (κ3) is 3.70. The van der Waals surface area contributed by atoms with Crippen molar-refractivity contribution < 1.29 is 0 Å². The lowest BCUT2D eigenvalue weighted by atomic mass is 10.2. The molecular formula is C16H15N. The predicted molar refractivity (Wildman–Crippen MR) is 73.0 cm³/mol. The fraction of sp³-hybridized carbons (Fsp3) is 0.125. The topological polar surface area (TPSA) is 12.0 Å². The molecule has 0 amide bonds. The van der Waals surface area contributed by atoms with Gasteiger partial charge in [0, 0.05) is 11.3 Å². The average molecular weight is 221 g/mol. The molecule has 0 heterocycles. The molecule has 0 radical (unpaired) electrons. The SMILES string of the molecule is Cc1cccc(NCC#Cc2ccccc2)c1. The molecule has 0 unspecified atom stereocenters. The number of aryl methyl sites for hydroxylation is 1. The van der Waals surface area contributed by atoms with Crippen molar-refractivity contribution in [1.82, 2.24) is 0 Å². The minimum Gasteiger partial charge on any atom is -0.374 e. The highest BCUT2D eigenvalue weighted by molar-refractivity contribution is 5.46. The second kappa shape index (κ2) is 5.77. The smallest absolute Gasteiger partial charge is 0.0769 e. The van der Waals surface area contributed by atoms with Crippen LogP contribution in [0.2, 0.25) is 0 Å². The summed E-state index contributed by atoms with van der Waals surface area (Å²) in [7, 11) is 0. The quantitative estimate of drug-likeness (QED) is 0.766. The van der Waals surface area contributed by atoms with Crippen LogP contribution in [0, 0.1) is 18.8 Å². The second-order valence-electron chi connectivity index (χ2n) is 3.89. The Bertz CT molecular complexity index is 532. The van der Waals surface area contributed by atoms with Gasteiger partial charge in [-0.3, -0.25) is 0 Å². The van der Waals surface area contributed by atoms with Crippen LogP contribution in [0.3, 0.4) is 0 Å². The van der Waals surface area contributed by atoms with Gasteiger partial charge in [0.15, 0.2) is 0 Å². The maximum Gasteiger partial charge on any atom is 0.0769 e. The van der Waals surface area contributed by atoms with Gasteiger partial charge >= 0.3 is 0 Å². The predicted octanol–water partition coefficient (Wildman–Crippen LogP) is 3.46. The van der Waals surface area contributed by atoms with Crippen molar-refractivity contribution in [3.05, 3.63) is 65.7 Å². The molecule has 0 bridgehead atoms. The summed E-state index contributed by atoms with van der Waals surface area (Å²) in [6.45, 7) is 2.75. The van der Waals surface area contributed by atoms with Gasteiger partial charge in [-0.2, -0.15) is 0 Å². The van der Waals surface area contributed by atoms with E-state index in [4.69, 9.17) is 0 Å². The molecule has 0 atom stereocenters. The minimum atomic E-state index is 0.665. The van der Waals surface area contributed by atoms with Crippen LogP contribution < -0.4 is 5.32 Å². The van der Waals surface area contributed by atoms with E-state index in [-0.39, 0.29) is 0 Å². The summed E-state index contributed by atoms with van der Waals surface area (Å²) in [5.74, 6) is 6.23. The van der Waals surface area contributed by atoms with E-state index in [0.717, 1.165) is 11.3 Å². The normalized spacial score (nSPS) is 9.24. The molecule has 2 aromatic rings. The summed E-state index contributed by atoms with van der Waals surface area (Å²) in [4.78, 5) is 0. The Labute approximate surface area is 102 Å². The Hall–Kier alpha value is -2.20. The van der Waals surface area contributed by atoms with Crippen molar-refractivity contribution in [1.29, 1.82) is 0 Å². The van der Waals surface area contributed by atoms with Crippen LogP contribution in [-0.4, -0.2) is 6.54 Å². The van der Waals surface area contributed by atoms with E-state index in [1.165, 1.54) is 5.56 Å². The zero-order chi connectivity index (χ0) is 11.9. The zero-order valence-electron chi connectivity index (χ0n) is 9.90. The van der Waals surface area contributed by atoms with Crippen LogP contribution in [0.4, 0.5) is 5.69 Å². The summed E-state index contributed by atoms with van der Waals surface area (Å²) >= 11 is 0. The van der Waals surface area contributed by atoms with Crippen LogP contribution in [0.15, 0.2) is 54.6 Å². The van der Waals surface area contributed by atoms with Crippen LogP contribution >= 0.6 is 0 Å². The Morgan fingerprint density at radius 3 is 2.59 bits per heavy atom. The monoisotopic (exact) mass is 221 g/mol. The zero-order valence-corrected chi connectivity index (χ0v) is 9.90. The molecule has 0 aromatic heterocycles. The van der Waals surface area contributed by atoms with Gasteiger partial charge in [-0.1, -0.05) is 42.2 Å². The van der Waals surface area contributed by atoms with Crippen molar-refractivity contribution in [2.45, 2.75) is 6.92 Å². The van der Waals surface area contributed by atoms with Gasteiger partial charge < -0.3 is 5.32 Å². The number of hydrogen-bond donors (Lipinski definition) is 1. The molecule has 84 valence electrons. The molecule has 1 N–H and O–H groups in total. The molecule has 1 nitrogen and oxygen atoms in total. The molecule has 2 aromatic carbocycles. The maximum atomic E-state index is 3.28. The van der Waals surface area contributed by atoms with Crippen LogP contribution in [-0.2, 0) is 0 Å². The van der Waals surface area contributed by atoms with E-state index < -0.39 is 0 Å². The van der Waals surface area contributed by atoms with Gasteiger partial charge in [-0.15, -0.1) is 0 Å². The van der Waals surface area contributed by atoms with Crippen molar-refractivity contribution in [2.24, 2.45) is 0 Å². The number of hydrogen-bond acceptors (Lipinski definition) is 1. The lowest BCUT2D eigenvalue weighted by molar-refractivity contribution is 1.35. The number of nitrogens with one attached hydrogen (secondary N) is 1. The van der Waals surface area contributed by atoms with Crippen molar-refractivity contribution in [2.75, 3.05) is 11.9 Å². The van der Waals surface area contributed by atoms with Crippen LogP contribution in [0.25, 0.3) is 0 Å². The number of rotatable bonds is 2. The standard InChI is InChI=1S/C16H15N/c1-14-7-5-11-16(13-14)17-12-6-10-15-8-3-2-4-9-15/h2-5,7-9,11,13,17H,12H2,1H3. The first-order valence-electron chi connectivity index (χ1n) is 5.69. The third-order valence-corrected chi connectivity index (χ3v) is 2.41. The molecule has 2 rings (SSSR count). The van der Waals surface area contributed by atoms with Crippen LogP contribution in [0.5, 0.6) is 0 Å². The summed E-state index contributed by atoms with van der Waals surface area (Å²) < 4.78 is 0. The van der Waals surface area contributed by atoms with Gasteiger partial charge in [0.1, 0.15) is 0 Å². The largest absolute Gasteiger partial charge is 0.374 e. The van der Waals surface area contributed by atoms with E-state index in [2.05, 4.69) is 42.3 Å². The van der Waals surface area contributed by atoms with E-state index in [1.807, 2.05) is 36.4 Å². The molecule has 1 heteroatoms. The first-order chi connectivity index (χ1) is 8.34. The molecule has 0 aliphatic heterocycles. The van der Waals surface area contributed by atoms with E-state index in [9.17, 15) is 0 Å². The van der Waals surface area contributed by atoms with Gasteiger partial charge in [0.05, 0.1) is 6.54 Å². The summed E-state index contributed by atoms with van der Waals surface area (Å²) in [5, 5.41) is 3.28. The first kappa shape index (κ1) is 11.3. The van der Waals surface area contributed by atoms with Gasteiger partial charge in [-0.05, 0) is 36.8 Å². The molecule has 0 saturated carbocycles. The first-order valence-corrected chi connectivity index (χ1v) is 5.69. The van der Waals surface area contributed by atoms with Crippen molar-refractivity contribution >= 4 is 5.69 Å². The summed E-state index contributed by atoms with van der Waals surface area (Å²) in [6, 6.07) is 18.3. The summed E-state index contributed by atoms with van der Waals surface area (Å²) in [5.41, 5.74) is 3.43. The Kier molecular flexibility index (Phi) is 3.83. The highest BCUT2D eigenvalue weighted by Crippen LogP contribution is 2.08. The Morgan fingerprint density at radius 2 is 1.82 bits per heavy atom. The Balaban J connectivity index is 1.90. The molecule has 0 aliphatic rings. The second-order valence-corrected chi connectivity index (χ2v) is 3.89. The van der Waals surface area contributed by atoms with Gasteiger partial charge in [0.25, 0.3) is 0 Å². The average Bonchev–Trinajstić information content (AvgIpc) is 2.36. The van der Waals surface area contributed by atoms with E-state index >= 15 is 0 Å². The third-order valence-electron chi connectivity index (χ3n) is 2.41. The van der Waals surface area contributed by atoms with E-state index in [0.29, 0.717) is 6.54 Å². The van der Waals surface area contributed by atoms with Crippen molar-refractivity contribution in [3.63, 3.8) is 0 Å². The molecule has 0 spiro atoms. The van der Waals surface area contributed by atoms with Gasteiger partial charge in [-0.25, -0.2) is 0 Å². The number of anilines is 1. The van der Waals surface area contributed by atoms with Gasteiger partial charge in [0.2, 0.25) is 0 Å². The molecule has 0 saturated heterocycles. The fourth-order valence-corrected chi connectivity index (χ4v) is 1.57. The molecule has 17 heavy (non-hydrogen) atoms. The van der Waals surface area contributed by atoms with E-state index in [1.54, 1.807) is 0 Å². The minimum absolute atomic E-state index is 0.665. The summed E-state index contributed by atoms with van der Waals surface area (Å²) in [6.07, 6.45) is 0.